The fourth-order valence-corrected chi connectivity index (χ4v) is 2.80. The second kappa shape index (κ2) is 7.62. The van der Waals surface area contributed by atoms with Gasteiger partial charge in [0.05, 0.1) is 11.4 Å². The molecule has 0 unspecified atom stereocenters. The Kier molecular flexibility index (Phi) is 5.56. The first-order chi connectivity index (χ1) is 10.6. The second-order valence-corrected chi connectivity index (χ2v) is 6.13. The van der Waals surface area contributed by atoms with E-state index in [1.807, 2.05) is 35.0 Å². The maximum atomic E-state index is 11.6. The zero-order valence-corrected chi connectivity index (χ0v) is 13.6. The van der Waals surface area contributed by atoms with Crippen LogP contribution in [0.3, 0.4) is 0 Å². The quantitative estimate of drug-likeness (QED) is 0.510. The minimum Gasteiger partial charge on any atom is -0.262 e. The molecule has 0 bridgehead atoms. The predicted octanol–water partition coefficient (Wildman–Crippen LogP) is 2.19. The van der Waals surface area contributed by atoms with E-state index in [2.05, 4.69) is 21.1 Å². The number of thiophene rings is 2. The first-order valence-electron chi connectivity index (χ1n) is 6.34. The maximum absolute atomic E-state index is 11.6. The Morgan fingerprint density at radius 1 is 0.864 bits per heavy atom. The highest BCUT2D eigenvalue weighted by molar-refractivity contribution is 7.12. The SMILES string of the molecule is C/C(=N/NC(=O)C(=O)N/N=C(/C)c1cccs1)c1cccs1. The van der Waals surface area contributed by atoms with Crippen LogP contribution in [0.5, 0.6) is 0 Å². The fourth-order valence-electron chi connectivity index (χ4n) is 1.45. The van der Waals surface area contributed by atoms with E-state index in [-0.39, 0.29) is 0 Å². The zero-order chi connectivity index (χ0) is 15.9. The average molecular weight is 334 g/mol. The largest absolute Gasteiger partial charge is 0.331 e. The molecular weight excluding hydrogens is 320 g/mol. The van der Waals surface area contributed by atoms with Gasteiger partial charge in [0.1, 0.15) is 0 Å². The van der Waals surface area contributed by atoms with Crippen LogP contribution in [0.25, 0.3) is 0 Å². The summed E-state index contributed by atoms with van der Waals surface area (Å²) >= 11 is 3.00. The Balaban J connectivity index is 1.89. The molecule has 2 aromatic rings. The van der Waals surface area contributed by atoms with Crippen molar-refractivity contribution in [2.45, 2.75) is 13.8 Å². The van der Waals surface area contributed by atoms with Gasteiger partial charge in [-0.3, -0.25) is 9.59 Å². The van der Waals surface area contributed by atoms with Crippen molar-refractivity contribution < 1.29 is 9.59 Å². The molecule has 0 saturated heterocycles. The molecular formula is C14H14N4O2S2. The van der Waals surface area contributed by atoms with Gasteiger partial charge in [-0.15, -0.1) is 22.7 Å². The lowest BCUT2D eigenvalue weighted by molar-refractivity contribution is -0.139. The van der Waals surface area contributed by atoms with E-state index in [9.17, 15) is 9.59 Å². The molecule has 0 aromatic carbocycles. The van der Waals surface area contributed by atoms with Gasteiger partial charge in [-0.1, -0.05) is 12.1 Å². The summed E-state index contributed by atoms with van der Waals surface area (Å²) in [6, 6.07) is 7.53. The molecule has 22 heavy (non-hydrogen) atoms. The van der Waals surface area contributed by atoms with Gasteiger partial charge < -0.3 is 0 Å². The van der Waals surface area contributed by atoms with E-state index >= 15 is 0 Å². The van der Waals surface area contributed by atoms with Gasteiger partial charge in [0, 0.05) is 9.75 Å². The molecule has 0 fully saturated rings. The predicted molar refractivity (Wildman–Crippen MR) is 89.3 cm³/mol. The Bertz CT molecular complexity index is 641. The molecule has 0 radical (unpaired) electrons. The topological polar surface area (TPSA) is 82.9 Å². The molecule has 0 saturated carbocycles. The van der Waals surface area contributed by atoms with Gasteiger partial charge in [0.25, 0.3) is 0 Å². The summed E-state index contributed by atoms with van der Waals surface area (Å²) in [5.41, 5.74) is 5.68. The lowest BCUT2D eigenvalue weighted by Gasteiger charge is -2.01. The molecule has 8 heteroatoms. The zero-order valence-electron chi connectivity index (χ0n) is 12.0. The summed E-state index contributed by atoms with van der Waals surface area (Å²) in [4.78, 5) is 25.1. The average Bonchev–Trinajstić information content (AvgIpc) is 3.22. The number of nitrogens with one attached hydrogen (secondary N) is 2. The van der Waals surface area contributed by atoms with Gasteiger partial charge in [0.2, 0.25) is 0 Å². The van der Waals surface area contributed by atoms with E-state index in [0.717, 1.165) is 9.75 Å². The first kappa shape index (κ1) is 16.1. The van der Waals surface area contributed by atoms with Crippen LogP contribution in [0.15, 0.2) is 45.2 Å². The number of rotatable bonds is 4. The van der Waals surface area contributed by atoms with Crippen molar-refractivity contribution in [3.8, 4) is 0 Å². The van der Waals surface area contributed by atoms with Crippen molar-refractivity contribution in [1.82, 2.24) is 10.9 Å². The Morgan fingerprint density at radius 3 is 1.59 bits per heavy atom. The summed E-state index contributed by atoms with van der Waals surface area (Å²) in [6.07, 6.45) is 0. The van der Waals surface area contributed by atoms with Gasteiger partial charge >= 0.3 is 11.8 Å². The lowest BCUT2D eigenvalue weighted by atomic mass is 10.3. The molecule has 0 aliphatic carbocycles. The summed E-state index contributed by atoms with van der Waals surface area (Å²) < 4.78 is 0. The molecule has 2 rings (SSSR count). The van der Waals surface area contributed by atoms with E-state index in [1.165, 1.54) is 22.7 Å². The number of hydrogen-bond acceptors (Lipinski definition) is 6. The standard InChI is InChI=1S/C14H14N4O2S2/c1-9(11-5-3-7-21-11)15-17-13(19)14(20)18-16-10(2)12-6-4-8-22-12/h3-8H,1-2H3,(H,17,19)(H,18,20)/b15-9-,16-10-. The van der Waals surface area contributed by atoms with E-state index < -0.39 is 11.8 Å². The van der Waals surface area contributed by atoms with Gasteiger partial charge in [-0.25, -0.2) is 10.9 Å². The molecule has 2 amide bonds. The molecule has 0 aliphatic heterocycles. The van der Waals surface area contributed by atoms with E-state index in [1.54, 1.807) is 13.8 Å². The van der Waals surface area contributed by atoms with Crippen molar-refractivity contribution in [1.29, 1.82) is 0 Å². The third-order valence-corrected chi connectivity index (χ3v) is 4.57. The van der Waals surface area contributed by atoms with Crippen LogP contribution in [0.2, 0.25) is 0 Å². The van der Waals surface area contributed by atoms with Crippen molar-refractivity contribution in [3.63, 3.8) is 0 Å². The monoisotopic (exact) mass is 334 g/mol. The molecule has 0 spiro atoms. The van der Waals surface area contributed by atoms with Gasteiger partial charge in [0.15, 0.2) is 0 Å². The summed E-state index contributed by atoms with van der Waals surface area (Å²) in [6.45, 7) is 3.51. The molecule has 114 valence electrons. The highest BCUT2D eigenvalue weighted by Crippen LogP contribution is 2.09. The molecule has 0 atom stereocenters. The molecule has 2 N–H and O–H groups in total. The third kappa shape index (κ3) is 4.34. The van der Waals surface area contributed by atoms with Crippen molar-refractivity contribution in [3.05, 3.63) is 44.8 Å². The van der Waals surface area contributed by atoms with Gasteiger partial charge in [-0.05, 0) is 36.7 Å². The Morgan fingerprint density at radius 2 is 1.27 bits per heavy atom. The molecule has 0 aliphatic rings. The number of nitrogens with zero attached hydrogens (tertiary/aromatic N) is 2. The minimum atomic E-state index is -0.862. The normalized spacial score (nSPS) is 12.1. The molecule has 6 nitrogen and oxygen atoms in total. The van der Waals surface area contributed by atoms with Crippen LogP contribution < -0.4 is 10.9 Å². The van der Waals surface area contributed by atoms with Crippen LogP contribution in [-0.4, -0.2) is 23.2 Å². The van der Waals surface area contributed by atoms with Crippen LogP contribution >= 0.6 is 22.7 Å². The van der Waals surface area contributed by atoms with Gasteiger partial charge in [-0.2, -0.15) is 10.2 Å². The highest BCUT2D eigenvalue weighted by Gasteiger charge is 2.12. The fraction of sp³-hybridized carbons (Fsp3) is 0.143. The first-order valence-corrected chi connectivity index (χ1v) is 8.10. The van der Waals surface area contributed by atoms with Crippen LogP contribution in [-0.2, 0) is 9.59 Å². The summed E-state index contributed by atoms with van der Waals surface area (Å²) in [7, 11) is 0. The Labute approximate surface area is 135 Å². The van der Waals surface area contributed by atoms with Crippen molar-refractivity contribution in [2.75, 3.05) is 0 Å². The third-order valence-electron chi connectivity index (χ3n) is 2.61. The number of hydrazone groups is 2. The molecule has 2 aromatic heterocycles. The highest BCUT2D eigenvalue weighted by atomic mass is 32.1. The smallest absolute Gasteiger partial charge is 0.262 e. The number of hydrogen-bond donors (Lipinski definition) is 2. The lowest BCUT2D eigenvalue weighted by Crippen LogP contribution is -2.36. The number of carbonyl (C=O) groups is 2. The van der Waals surface area contributed by atoms with Crippen molar-refractivity contribution in [2.24, 2.45) is 10.2 Å². The van der Waals surface area contributed by atoms with Crippen LogP contribution in [0.1, 0.15) is 23.6 Å². The number of carbonyl (C=O) groups excluding carboxylic acids is 2. The number of amides is 2. The maximum Gasteiger partial charge on any atom is 0.331 e. The second-order valence-electron chi connectivity index (χ2n) is 4.23. The summed E-state index contributed by atoms with van der Waals surface area (Å²) in [5, 5.41) is 11.6. The van der Waals surface area contributed by atoms with E-state index in [0.29, 0.717) is 11.4 Å². The van der Waals surface area contributed by atoms with E-state index in [4.69, 9.17) is 0 Å². The molecule has 2 heterocycles. The summed E-state index contributed by atoms with van der Waals surface area (Å²) in [5.74, 6) is -1.72. The van der Waals surface area contributed by atoms with Crippen LogP contribution in [0, 0.1) is 0 Å². The minimum absolute atomic E-state index is 0.634. The van der Waals surface area contributed by atoms with Crippen molar-refractivity contribution >= 4 is 45.9 Å². The Hall–Kier alpha value is -2.32. The van der Waals surface area contributed by atoms with Crippen LogP contribution in [0.4, 0.5) is 0 Å².